The van der Waals surface area contributed by atoms with E-state index >= 15 is 0 Å². The van der Waals surface area contributed by atoms with Crippen molar-refractivity contribution in [2.45, 2.75) is 23.8 Å². The summed E-state index contributed by atoms with van der Waals surface area (Å²) in [6.45, 7) is 0. The van der Waals surface area contributed by atoms with Crippen LogP contribution in [0.1, 0.15) is 12.0 Å². The average Bonchev–Trinajstić information content (AvgIpc) is 2.32. The SMILES string of the molecule is COC(=O)[C@@H](N)CCc1ccc(S(F)(F)(F)(F)F)cc1. The monoisotopic (exact) mass is 319 g/mol. The van der Waals surface area contributed by atoms with Crippen LogP contribution in [0.25, 0.3) is 0 Å². The van der Waals surface area contributed by atoms with Crippen molar-refractivity contribution in [3.63, 3.8) is 0 Å². The van der Waals surface area contributed by atoms with Gasteiger partial charge in [0.15, 0.2) is 0 Å². The van der Waals surface area contributed by atoms with Crippen LogP contribution < -0.4 is 5.73 Å². The van der Waals surface area contributed by atoms with Gasteiger partial charge in [-0.2, -0.15) is 0 Å². The second kappa shape index (κ2) is 4.59. The maximum Gasteiger partial charge on any atom is 0.322 e. The number of methoxy groups -OCH3 is 1. The van der Waals surface area contributed by atoms with Crippen LogP contribution >= 0.6 is 10.2 Å². The highest BCUT2D eigenvalue weighted by molar-refractivity contribution is 8.45. The molecule has 0 aromatic heterocycles. The largest absolute Gasteiger partial charge is 0.468 e. The van der Waals surface area contributed by atoms with Gasteiger partial charge < -0.3 is 10.5 Å². The molecular weight excluding hydrogens is 305 g/mol. The fourth-order valence-corrected chi connectivity index (χ4v) is 2.16. The van der Waals surface area contributed by atoms with E-state index in [1.165, 1.54) is 0 Å². The first-order valence-electron chi connectivity index (χ1n) is 5.50. The quantitative estimate of drug-likeness (QED) is 0.664. The predicted molar refractivity (Wildman–Crippen MR) is 66.2 cm³/mol. The van der Waals surface area contributed by atoms with Crippen LogP contribution in [0.15, 0.2) is 29.2 Å². The molecule has 0 unspecified atom stereocenters. The van der Waals surface area contributed by atoms with Gasteiger partial charge in [-0.3, -0.25) is 4.79 Å². The molecule has 0 radical (unpaired) electrons. The van der Waals surface area contributed by atoms with E-state index in [-0.39, 0.29) is 12.8 Å². The topological polar surface area (TPSA) is 52.3 Å². The van der Waals surface area contributed by atoms with E-state index in [1.54, 1.807) is 0 Å². The minimum Gasteiger partial charge on any atom is -0.468 e. The van der Waals surface area contributed by atoms with E-state index in [1.807, 2.05) is 0 Å². The van der Waals surface area contributed by atoms with Gasteiger partial charge in [-0.05, 0) is 30.5 Å². The zero-order valence-electron chi connectivity index (χ0n) is 10.5. The highest BCUT2D eigenvalue weighted by Gasteiger charge is 2.65. The highest BCUT2D eigenvalue weighted by atomic mass is 32.5. The number of halogens is 5. The van der Waals surface area contributed by atoms with Gasteiger partial charge in [0.25, 0.3) is 0 Å². The van der Waals surface area contributed by atoms with Crippen LogP contribution in [-0.4, -0.2) is 19.1 Å². The average molecular weight is 319 g/mol. The van der Waals surface area contributed by atoms with Crippen molar-refractivity contribution in [2.75, 3.05) is 7.11 Å². The zero-order valence-corrected chi connectivity index (χ0v) is 11.3. The lowest BCUT2D eigenvalue weighted by Crippen LogP contribution is -2.31. The molecule has 0 saturated heterocycles. The molecule has 3 nitrogen and oxygen atoms in total. The summed E-state index contributed by atoms with van der Waals surface area (Å²) >= 11 is 0. The van der Waals surface area contributed by atoms with Gasteiger partial charge in [0.05, 0.1) is 7.11 Å². The van der Waals surface area contributed by atoms with Gasteiger partial charge in [0.1, 0.15) is 10.9 Å². The molecule has 0 aliphatic heterocycles. The fourth-order valence-electron chi connectivity index (χ4n) is 1.50. The summed E-state index contributed by atoms with van der Waals surface area (Å²) in [5.41, 5.74) is 5.82. The number of rotatable bonds is 5. The first-order chi connectivity index (χ1) is 8.83. The van der Waals surface area contributed by atoms with Crippen molar-refractivity contribution in [3.05, 3.63) is 29.8 Å². The smallest absolute Gasteiger partial charge is 0.322 e. The summed E-state index contributed by atoms with van der Waals surface area (Å²) in [5.74, 6) is -0.645. The van der Waals surface area contributed by atoms with E-state index in [2.05, 4.69) is 4.74 Å². The summed E-state index contributed by atoms with van der Waals surface area (Å²) < 4.78 is 66.7. The van der Waals surface area contributed by atoms with Crippen molar-refractivity contribution in [1.82, 2.24) is 0 Å². The van der Waals surface area contributed by atoms with Gasteiger partial charge in [-0.1, -0.05) is 31.6 Å². The van der Waals surface area contributed by atoms with Crippen molar-refractivity contribution < 1.29 is 29.0 Å². The fraction of sp³-hybridized carbons (Fsp3) is 0.364. The van der Waals surface area contributed by atoms with Crippen LogP contribution in [-0.2, 0) is 16.0 Å². The van der Waals surface area contributed by atoms with Gasteiger partial charge >= 0.3 is 16.2 Å². The Labute approximate surface area is 112 Å². The van der Waals surface area contributed by atoms with Crippen molar-refractivity contribution in [3.8, 4) is 0 Å². The number of ether oxygens (including phenoxy) is 1. The Bertz CT molecular complexity index is 499. The summed E-state index contributed by atoms with van der Waals surface area (Å²) in [6, 6.07) is 1.64. The number of nitrogens with two attached hydrogens (primary N) is 1. The number of hydrogen-bond acceptors (Lipinski definition) is 3. The Morgan fingerprint density at radius 2 is 1.70 bits per heavy atom. The van der Waals surface area contributed by atoms with Crippen LogP contribution in [0.2, 0.25) is 0 Å². The van der Waals surface area contributed by atoms with Gasteiger partial charge in [0, 0.05) is 0 Å². The molecule has 9 heteroatoms. The second-order valence-corrected chi connectivity index (χ2v) is 6.69. The molecular formula is C11H14F5NO2S. The van der Waals surface area contributed by atoms with Crippen molar-refractivity contribution in [2.24, 2.45) is 5.73 Å². The maximum atomic E-state index is 12.5. The molecule has 1 atom stereocenters. The normalized spacial score (nSPS) is 16.9. The Hall–Kier alpha value is -1.35. The Morgan fingerprint density at radius 1 is 1.20 bits per heavy atom. The summed E-state index contributed by atoms with van der Waals surface area (Å²) in [5, 5.41) is 0. The second-order valence-electron chi connectivity index (χ2n) is 4.28. The van der Waals surface area contributed by atoms with E-state index in [9.17, 15) is 24.2 Å². The minimum absolute atomic E-state index is 0.141. The number of aryl methyl sites for hydroxylation is 1. The molecule has 116 valence electrons. The molecule has 1 aromatic carbocycles. The molecule has 0 spiro atoms. The van der Waals surface area contributed by atoms with Gasteiger partial charge in [-0.15, -0.1) is 0 Å². The molecule has 2 N–H and O–H groups in total. The third kappa shape index (κ3) is 4.64. The third-order valence-corrected chi connectivity index (χ3v) is 3.78. The first-order valence-corrected chi connectivity index (χ1v) is 7.45. The van der Waals surface area contributed by atoms with E-state index in [0.29, 0.717) is 17.7 Å². The lowest BCUT2D eigenvalue weighted by Gasteiger charge is -2.40. The summed E-state index contributed by atoms with van der Waals surface area (Å²) in [4.78, 5) is 9.07. The molecule has 0 amide bonds. The standard InChI is InChI=1S/C11H14F5NO2S/c1-19-11(18)10(17)7-4-8-2-5-9(6-3-8)20(12,13,14,15)16/h2-3,5-6,10H,4,7,17H2,1H3/t10-/m0/s1. The maximum absolute atomic E-state index is 12.5. The molecule has 20 heavy (non-hydrogen) atoms. The minimum atomic E-state index is -9.63. The van der Waals surface area contributed by atoms with Crippen molar-refractivity contribution in [1.29, 1.82) is 0 Å². The molecule has 0 fully saturated rings. The van der Waals surface area contributed by atoms with Gasteiger partial charge in [0.2, 0.25) is 0 Å². The Kier molecular flexibility index (Phi) is 3.83. The molecule has 0 saturated carbocycles. The molecule has 1 aromatic rings. The lowest BCUT2D eigenvalue weighted by molar-refractivity contribution is -0.142. The van der Waals surface area contributed by atoms with Crippen LogP contribution in [0.4, 0.5) is 19.4 Å². The lowest BCUT2D eigenvalue weighted by atomic mass is 10.1. The number of esters is 1. The van der Waals surface area contributed by atoms with E-state index in [0.717, 1.165) is 19.2 Å². The van der Waals surface area contributed by atoms with Crippen molar-refractivity contribution >= 4 is 16.2 Å². The molecule has 1 rings (SSSR count). The number of carbonyl (C=O) groups is 1. The third-order valence-electron chi connectivity index (χ3n) is 2.62. The number of benzene rings is 1. The van der Waals surface area contributed by atoms with Crippen LogP contribution in [0.5, 0.6) is 0 Å². The molecule has 0 aliphatic carbocycles. The predicted octanol–water partition coefficient (Wildman–Crippen LogP) is 3.78. The molecule has 0 bridgehead atoms. The van der Waals surface area contributed by atoms with Gasteiger partial charge in [-0.25, -0.2) is 0 Å². The Morgan fingerprint density at radius 3 is 2.10 bits per heavy atom. The van der Waals surface area contributed by atoms with Crippen LogP contribution in [0, 0.1) is 0 Å². The van der Waals surface area contributed by atoms with Crippen LogP contribution in [0.3, 0.4) is 0 Å². The number of hydrogen-bond donors (Lipinski definition) is 1. The molecule has 0 aliphatic rings. The summed E-state index contributed by atoms with van der Waals surface area (Å²) in [6.07, 6.45) is 0.319. The Balaban J connectivity index is 2.77. The summed E-state index contributed by atoms with van der Waals surface area (Å²) in [7, 11) is -8.47. The first kappa shape index (κ1) is 16.7. The van der Waals surface area contributed by atoms with E-state index < -0.39 is 27.1 Å². The number of carbonyl (C=O) groups excluding carboxylic acids is 1. The van der Waals surface area contributed by atoms with E-state index in [4.69, 9.17) is 5.73 Å². The zero-order chi connectivity index (χ0) is 15.7. The highest BCUT2D eigenvalue weighted by Crippen LogP contribution is 3.02. The molecule has 0 heterocycles.